The van der Waals surface area contributed by atoms with Gasteiger partial charge in [0.2, 0.25) is 11.5 Å². The van der Waals surface area contributed by atoms with E-state index >= 15 is 0 Å². The molecular weight excluding hydrogens is 570 g/mol. The van der Waals surface area contributed by atoms with E-state index in [2.05, 4.69) is 5.32 Å². The maximum absolute atomic E-state index is 13.9. The lowest BCUT2D eigenvalue weighted by Crippen LogP contribution is -2.49. The summed E-state index contributed by atoms with van der Waals surface area (Å²) in [4.78, 5) is 57.5. The molecule has 0 saturated carbocycles. The number of carbonyl (C=O) groups excluding carboxylic acids is 3. The highest BCUT2D eigenvalue weighted by Crippen LogP contribution is 2.44. The Morgan fingerprint density at radius 1 is 1.20 bits per heavy atom. The topological polar surface area (TPSA) is 155 Å². The summed E-state index contributed by atoms with van der Waals surface area (Å²) in [5.41, 5.74) is -0.681. The van der Waals surface area contributed by atoms with Crippen LogP contribution < -0.4 is 21.5 Å². The molecule has 2 unspecified atom stereocenters. The van der Waals surface area contributed by atoms with Gasteiger partial charge in [-0.2, -0.15) is 0 Å². The number of phenolic OH excluding ortho intramolecular Hbond substituents is 1. The molecule has 1 amide bonds. The average Bonchev–Trinajstić information content (AvgIpc) is 3.37. The number of nitrogens with one attached hydrogen (secondary N) is 1. The Morgan fingerprint density at radius 3 is 2.68 bits per heavy atom. The molecule has 0 spiro atoms. The summed E-state index contributed by atoms with van der Waals surface area (Å²) >= 11 is 0. The van der Waals surface area contributed by atoms with Crippen LogP contribution in [0, 0.1) is 5.92 Å². The number of ether oxygens (including phenoxy) is 4. The Balaban J connectivity index is 1.41. The molecule has 1 aromatic heterocycles. The van der Waals surface area contributed by atoms with Gasteiger partial charge in [0.05, 0.1) is 29.2 Å². The van der Waals surface area contributed by atoms with Crippen LogP contribution in [-0.4, -0.2) is 59.5 Å². The number of fused-ring (bicyclic) bond motifs is 5. The van der Waals surface area contributed by atoms with Gasteiger partial charge in [0.15, 0.2) is 0 Å². The average molecular weight is 610 g/mol. The highest BCUT2D eigenvalue weighted by Gasteiger charge is 2.51. The van der Waals surface area contributed by atoms with Crippen LogP contribution in [0.2, 0.25) is 0 Å². The number of hydrogen-bond donors (Lipinski definition) is 2. The molecule has 0 radical (unpaired) electrons. The molecule has 44 heavy (non-hydrogen) atoms. The minimum absolute atomic E-state index is 0.00975. The fraction of sp³-hybridized carbons (Fsp3) is 0.531. The van der Waals surface area contributed by atoms with E-state index in [1.54, 1.807) is 49.6 Å². The first-order valence-electron chi connectivity index (χ1n) is 15.0. The molecule has 3 aliphatic heterocycles. The summed E-state index contributed by atoms with van der Waals surface area (Å²) in [7, 11) is 0. The van der Waals surface area contributed by atoms with Crippen molar-refractivity contribution in [3.63, 3.8) is 0 Å². The Kier molecular flexibility index (Phi) is 8.68. The van der Waals surface area contributed by atoms with Gasteiger partial charge in [0.25, 0.3) is 5.56 Å². The number of rotatable bonds is 11. The molecule has 0 fully saturated rings. The predicted molar refractivity (Wildman–Crippen MR) is 157 cm³/mol. The number of carbonyl (C=O) groups is 3. The third kappa shape index (κ3) is 5.63. The van der Waals surface area contributed by atoms with Crippen LogP contribution in [0.3, 0.4) is 0 Å². The molecule has 3 aliphatic rings. The van der Waals surface area contributed by atoms with Crippen LogP contribution in [0.15, 0.2) is 34.1 Å². The summed E-state index contributed by atoms with van der Waals surface area (Å²) in [6.45, 7) is 9.26. The van der Waals surface area contributed by atoms with E-state index in [0.29, 0.717) is 37.2 Å². The van der Waals surface area contributed by atoms with Gasteiger partial charge < -0.3 is 33.9 Å². The number of pyridine rings is 1. The fourth-order valence-electron chi connectivity index (χ4n) is 6.27. The second-order valence-electron chi connectivity index (χ2n) is 11.8. The van der Waals surface area contributed by atoms with Crippen molar-refractivity contribution in [3.05, 3.63) is 62.0 Å². The van der Waals surface area contributed by atoms with Gasteiger partial charge in [-0.15, -0.1) is 0 Å². The minimum Gasteiger partial charge on any atom is -0.508 e. The van der Waals surface area contributed by atoms with E-state index in [4.69, 9.17) is 23.9 Å². The second kappa shape index (κ2) is 12.2. The molecule has 5 rings (SSSR count). The predicted octanol–water partition coefficient (Wildman–Crippen LogP) is 1.27. The van der Waals surface area contributed by atoms with Gasteiger partial charge in [-0.3, -0.25) is 19.4 Å². The molecule has 12 heteroatoms. The normalized spacial score (nSPS) is 21.8. The number of amides is 1. The Bertz CT molecular complexity index is 1680. The van der Waals surface area contributed by atoms with Crippen LogP contribution in [0.25, 0.3) is 5.57 Å². The Labute approximate surface area is 254 Å². The van der Waals surface area contributed by atoms with Crippen molar-refractivity contribution < 1.29 is 38.4 Å². The van der Waals surface area contributed by atoms with E-state index in [1.807, 2.05) is 13.8 Å². The number of esters is 2. The van der Waals surface area contributed by atoms with Crippen LogP contribution in [0.5, 0.6) is 5.75 Å². The van der Waals surface area contributed by atoms with E-state index in [-0.39, 0.29) is 48.0 Å². The van der Waals surface area contributed by atoms with Crippen LogP contribution in [0.4, 0.5) is 0 Å². The lowest BCUT2D eigenvalue weighted by Gasteiger charge is -2.35. The fourth-order valence-corrected chi connectivity index (χ4v) is 6.27. The monoisotopic (exact) mass is 609 g/mol. The zero-order valence-corrected chi connectivity index (χ0v) is 25.7. The highest BCUT2D eigenvalue weighted by molar-refractivity contribution is 5.88. The third-order valence-electron chi connectivity index (χ3n) is 8.50. The lowest BCUT2D eigenvalue weighted by atomic mass is 9.83. The SMILES string of the molecule is CCOCC(C)(C)OCC(=O)NCC(=O)O[C@]1(CC)C(=O)OCc2c1cc1n(c2=O)CC2C(CC)=c3cc(O)ccc3=NC12. The van der Waals surface area contributed by atoms with Crippen molar-refractivity contribution >= 4 is 23.4 Å². The minimum atomic E-state index is -1.87. The van der Waals surface area contributed by atoms with Crippen LogP contribution in [-0.2, 0) is 52.1 Å². The number of hydrogen-bond acceptors (Lipinski definition) is 10. The zero-order chi connectivity index (χ0) is 31.8. The first-order valence-corrected chi connectivity index (χ1v) is 15.0. The van der Waals surface area contributed by atoms with Gasteiger partial charge >= 0.3 is 11.9 Å². The van der Waals surface area contributed by atoms with Crippen LogP contribution in [0.1, 0.15) is 70.3 Å². The molecule has 0 saturated heterocycles. The number of nitrogens with zero attached hydrogens (tertiary/aromatic N) is 2. The van der Waals surface area contributed by atoms with Gasteiger partial charge in [-0.1, -0.05) is 19.4 Å². The van der Waals surface area contributed by atoms with E-state index in [1.165, 1.54) is 0 Å². The van der Waals surface area contributed by atoms with Crippen molar-refractivity contribution in [1.82, 2.24) is 9.88 Å². The summed E-state index contributed by atoms with van der Waals surface area (Å²) in [5, 5.41) is 14.1. The molecule has 236 valence electrons. The van der Waals surface area contributed by atoms with Crippen molar-refractivity contribution in [2.75, 3.05) is 26.4 Å². The summed E-state index contributed by atoms with van der Waals surface area (Å²) in [5.74, 6) is -2.16. The first-order chi connectivity index (χ1) is 20.9. The van der Waals surface area contributed by atoms with Crippen molar-refractivity contribution in [2.45, 2.75) is 77.9 Å². The number of aromatic hydroxyl groups is 1. The molecule has 4 heterocycles. The molecular formula is C32H39N3O9. The number of aromatic nitrogens is 1. The van der Waals surface area contributed by atoms with Crippen molar-refractivity contribution in [1.29, 1.82) is 0 Å². The van der Waals surface area contributed by atoms with Gasteiger partial charge in [0, 0.05) is 35.5 Å². The molecule has 2 N–H and O–H groups in total. The van der Waals surface area contributed by atoms with Gasteiger partial charge in [-0.25, -0.2) is 4.79 Å². The van der Waals surface area contributed by atoms with Gasteiger partial charge in [0.1, 0.15) is 25.5 Å². The second-order valence-corrected chi connectivity index (χ2v) is 11.8. The van der Waals surface area contributed by atoms with E-state index in [9.17, 15) is 24.3 Å². The molecule has 0 bridgehead atoms. The molecule has 1 aromatic carbocycles. The zero-order valence-electron chi connectivity index (χ0n) is 25.7. The molecule has 0 aliphatic carbocycles. The van der Waals surface area contributed by atoms with E-state index in [0.717, 1.165) is 10.8 Å². The smallest absolute Gasteiger partial charge is 0.355 e. The van der Waals surface area contributed by atoms with Crippen molar-refractivity contribution in [2.24, 2.45) is 10.9 Å². The summed E-state index contributed by atoms with van der Waals surface area (Å²) in [6, 6.07) is 6.38. The lowest BCUT2D eigenvalue weighted by molar-refractivity contribution is -0.189. The molecule has 12 nitrogen and oxygen atoms in total. The quantitative estimate of drug-likeness (QED) is 0.359. The standard InChI is InChI=1S/C32H39N3O9/c1-6-19-20-11-18(36)9-10-24(20)34-28-21(19)14-35-25(28)12-23-22(29(35)39)15-42-30(40)32(23,7-2)44-27(38)13-33-26(37)16-43-31(4,5)17-41-8-3/h9-12,21,28,36H,6-8,13-17H2,1-5H3,(H,33,37)/t21?,28?,32-/m0/s1. The highest BCUT2D eigenvalue weighted by atomic mass is 16.6. The number of benzene rings is 1. The maximum atomic E-state index is 13.9. The Morgan fingerprint density at radius 2 is 1.98 bits per heavy atom. The van der Waals surface area contributed by atoms with Crippen molar-refractivity contribution in [3.8, 4) is 5.75 Å². The molecule has 2 aromatic rings. The summed E-state index contributed by atoms with van der Waals surface area (Å²) < 4.78 is 23.8. The molecule has 3 atom stereocenters. The maximum Gasteiger partial charge on any atom is 0.355 e. The third-order valence-corrected chi connectivity index (χ3v) is 8.50. The Hall–Kier alpha value is -4.03. The largest absolute Gasteiger partial charge is 0.508 e. The van der Waals surface area contributed by atoms with E-state index < -0.39 is 41.6 Å². The number of cyclic esters (lactones) is 1. The number of phenols is 1. The van der Waals surface area contributed by atoms with Gasteiger partial charge in [-0.05, 0) is 57.9 Å². The summed E-state index contributed by atoms with van der Waals surface area (Å²) in [6.07, 6.45) is 0.713. The first kappa shape index (κ1) is 31.4. The van der Waals surface area contributed by atoms with Crippen LogP contribution >= 0.6 is 0 Å².